The number of aliphatic hydroxyl groups excluding tert-OH is 2. The van der Waals surface area contributed by atoms with E-state index >= 15 is 0 Å². The first-order chi connectivity index (χ1) is 35.5. The summed E-state index contributed by atoms with van der Waals surface area (Å²) in [5.41, 5.74) is 0. The predicted molar refractivity (Wildman–Crippen MR) is 315 cm³/mol. The van der Waals surface area contributed by atoms with E-state index in [9.17, 15) is 19.8 Å². The standard InChI is InChI=1S/C66H125NO5/c1-3-5-7-9-11-13-15-17-19-20-21-22-23-24-25-27-31-34-38-42-46-50-54-58-64(69)63(62-68)67-65(70)59-55-51-47-43-39-35-32-28-26-29-33-37-41-45-49-53-57-61-72-66(71)60-56-52-48-44-40-36-30-18-16-14-12-10-8-6-4-2/h26,29,37,41,54,58,63-64,68-69H,3-25,27-28,30-36,38-40,42-53,55-57,59-62H2,1-2H3,(H,67,70)/b29-26-,41-37-,58-54+. The van der Waals surface area contributed by atoms with E-state index in [0.29, 0.717) is 19.4 Å². The number of nitrogens with one attached hydrogen (secondary N) is 1. The van der Waals surface area contributed by atoms with Crippen LogP contribution in [0.5, 0.6) is 0 Å². The summed E-state index contributed by atoms with van der Waals surface area (Å²) in [5, 5.41) is 23.2. The Balaban J connectivity index is 3.51. The van der Waals surface area contributed by atoms with Crippen molar-refractivity contribution < 1.29 is 24.5 Å². The van der Waals surface area contributed by atoms with Crippen LogP contribution in [0.2, 0.25) is 0 Å². The summed E-state index contributed by atoms with van der Waals surface area (Å²) in [5.74, 6) is -0.0941. The van der Waals surface area contributed by atoms with E-state index in [0.717, 1.165) is 83.5 Å². The zero-order valence-corrected chi connectivity index (χ0v) is 48.4. The zero-order chi connectivity index (χ0) is 52.2. The minimum Gasteiger partial charge on any atom is -0.466 e. The number of hydrogen-bond donors (Lipinski definition) is 3. The molecule has 0 rings (SSSR count). The largest absolute Gasteiger partial charge is 0.466 e. The van der Waals surface area contributed by atoms with Crippen LogP contribution in [0.3, 0.4) is 0 Å². The highest BCUT2D eigenvalue weighted by molar-refractivity contribution is 5.76. The van der Waals surface area contributed by atoms with Gasteiger partial charge < -0.3 is 20.3 Å². The highest BCUT2D eigenvalue weighted by Gasteiger charge is 2.18. The second-order valence-corrected chi connectivity index (χ2v) is 22.1. The van der Waals surface area contributed by atoms with Crippen LogP contribution in [0.25, 0.3) is 0 Å². The number of allylic oxidation sites excluding steroid dienone is 5. The fraction of sp³-hybridized carbons (Fsp3) is 0.879. The van der Waals surface area contributed by atoms with Crippen molar-refractivity contribution in [1.29, 1.82) is 0 Å². The molecule has 6 nitrogen and oxygen atoms in total. The smallest absolute Gasteiger partial charge is 0.305 e. The Morgan fingerprint density at radius 2 is 0.694 bits per heavy atom. The van der Waals surface area contributed by atoms with Gasteiger partial charge in [0.05, 0.1) is 25.4 Å². The second kappa shape index (κ2) is 61.6. The van der Waals surface area contributed by atoms with Crippen molar-refractivity contribution in [3.8, 4) is 0 Å². The fourth-order valence-electron chi connectivity index (χ4n) is 9.96. The van der Waals surface area contributed by atoms with Crippen molar-refractivity contribution in [2.24, 2.45) is 0 Å². The highest BCUT2D eigenvalue weighted by Crippen LogP contribution is 2.18. The highest BCUT2D eigenvalue weighted by atomic mass is 16.5. The third kappa shape index (κ3) is 57.4. The lowest BCUT2D eigenvalue weighted by molar-refractivity contribution is -0.143. The maximum absolute atomic E-state index is 12.5. The lowest BCUT2D eigenvalue weighted by atomic mass is 10.0. The molecule has 0 spiro atoms. The maximum Gasteiger partial charge on any atom is 0.305 e. The quantitative estimate of drug-likeness (QED) is 0.0320. The molecule has 1 amide bonds. The van der Waals surface area contributed by atoms with Crippen LogP contribution < -0.4 is 5.32 Å². The molecule has 3 N–H and O–H groups in total. The van der Waals surface area contributed by atoms with Gasteiger partial charge in [-0.25, -0.2) is 0 Å². The Morgan fingerprint density at radius 3 is 1.06 bits per heavy atom. The van der Waals surface area contributed by atoms with E-state index in [2.05, 4.69) is 43.5 Å². The van der Waals surface area contributed by atoms with E-state index < -0.39 is 12.1 Å². The van der Waals surface area contributed by atoms with Crippen molar-refractivity contribution in [3.63, 3.8) is 0 Å². The zero-order valence-electron chi connectivity index (χ0n) is 48.4. The van der Waals surface area contributed by atoms with Gasteiger partial charge in [-0.1, -0.05) is 301 Å². The predicted octanol–water partition coefficient (Wildman–Crippen LogP) is 20.4. The van der Waals surface area contributed by atoms with Crippen molar-refractivity contribution in [2.45, 2.75) is 360 Å². The first-order valence-electron chi connectivity index (χ1n) is 32.3. The van der Waals surface area contributed by atoms with Crippen molar-refractivity contribution in [1.82, 2.24) is 5.32 Å². The molecular weight excluding hydrogens is 887 g/mol. The molecule has 0 aromatic carbocycles. The van der Waals surface area contributed by atoms with Crippen LogP contribution in [0.4, 0.5) is 0 Å². The Labute approximate surface area is 449 Å². The summed E-state index contributed by atoms with van der Waals surface area (Å²) in [6.07, 6.45) is 77.6. The fourth-order valence-corrected chi connectivity index (χ4v) is 9.96. The first-order valence-corrected chi connectivity index (χ1v) is 32.3. The SMILES string of the molecule is CCCCCCCCCCCCCCCCCCCCCCC/C=C/C(O)C(CO)NC(=O)CCCCCCCCC/C=C\C/C=C\CCCCCOC(=O)CCCCCCCCCCCCCCCCC. The topological polar surface area (TPSA) is 95.9 Å². The summed E-state index contributed by atoms with van der Waals surface area (Å²) in [6, 6.07) is -0.641. The molecule has 0 bridgehead atoms. The molecule has 0 heterocycles. The lowest BCUT2D eigenvalue weighted by Gasteiger charge is -2.20. The van der Waals surface area contributed by atoms with Crippen LogP contribution in [-0.2, 0) is 14.3 Å². The first kappa shape index (κ1) is 70.1. The Hall–Kier alpha value is -1.92. The minimum absolute atomic E-state index is 0.0131. The van der Waals surface area contributed by atoms with Crippen molar-refractivity contribution in [3.05, 3.63) is 36.5 Å². The van der Waals surface area contributed by atoms with Crippen LogP contribution >= 0.6 is 0 Å². The van der Waals surface area contributed by atoms with Gasteiger partial charge in [-0.15, -0.1) is 0 Å². The van der Waals surface area contributed by atoms with Gasteiger partial charge in [0.25, 0.3) is 0 Å². The molecule has 6 heteroatoms. The van der Waals surface area contributed by atoms with Crippen LogP contribution in [-0.4, -0.2) is 47.4 Å². The van der Waals surface area contributed by atoms with Gasteiger partial charge in [-0.2, -0.15) is 0 Å². The summed E-state index contributed by atoms with van der Waals surface area (Å²) in [6.45, 7) is 4.89. The summed E-state index contributed by atoms with van der Waals surface area (Å²) < 4.78 is 5.46. The number of ether oxygens (including phenoxy) is 1. The molecule has 0 aromatic rings. The number of aliphatic hydroxyl groups is 2. The van der Waals surface area contributed by atoms with Gasteiger partial charge in [-0.3, -0.25) is 9.59 Å². The molecule has 0 aromatic heterocycles. The maximum atomic E-state index is 12.5. The van der Waals surface area contributed by atoms with Gasteiger partial charge in [-0.05, 0) is 70.6 Å². The van der Waals surface area contributed by atoms with Gasteiger partial charge in [0.2, 0.25) is 5.91 Å². The molecule has 0 aliphatic heterocycles. The number of rotatable bonds is 60. The summed E-state index contributed by atoms with van der Waals surface area (Å²) in [4.78, 5) is 24.6. The van der Waals surface area contributed by atoms with Crippen LogP contribution in [0.1, 0.15) is 348 Å². The average Bonchev–Trinajstić information content (AvgIpc) is 3.38. The normalized spacial score (nSPS) is 12.8. The van der Waals surface area contributed by atoms with E-state index in [-0.39, 0.29) is 18.5 Å². The number of carbonyl (C=O) groups is 2. The summed E-state index contributed by atoms with van der Waals surface area (Å²) in [7, 11) is 0. The number of unbranched alkanes of at least 4 members (excludes halogenated alkanes) is 45. The molecule has 0 aliphatic rings. The number of amides is 1. The molecule has 0 saturated carbocycles. The number of esters is 1. The Bertz CT molecular complexity index is 1170. The minimum atomic E-state index is -0.857. The van der Waals surface area contributed by atoms with Gasteiger partial charge in [0.1, 0.15) is 0 Å². The average molecular weight is 1010 g/mol. The van der Waals surface area contributed by atoms with Gasteiger partial charge in [0.15, 0.2) is 0 Å². The summed E-state index contributed by atoms with van der Waals surface area (Å²) >= 11 is 0. The van der Waals surface area contributed by atoms with E-state index in [1.165, 1.54) is 238 Å². The Kier molecular flexibility index (Phi) is 60.0. The van der Waals surface area contributed by atoms with Crippen LogP contribution in [0.15, 0.2) is 36.5 Å². The molecule has 424 valence electrons. The molecule has 0 radical (unpaired) electrons. The number of hydrogen-bond acceptors (Lipinski definition) is 5. The third-order valence-corrected chi connectivity index (χ3v) is 14.9. The van der Waals surface area contributed by atoms with Crippen molar-refractivity contribution in [2.75, 3.05) is 13.2 Å². The molecule has 0 fully saturated rings. The molecule has 0 saturated heterocycles. The van der Waals surface area contributed by atoms with Crippen molar-refractivity contribution >= 4 is 11.9 Å². The van der Waals surface area contributed by atoms with E-state index in [1.807, 2.05) is 6.08 Å². The second-order valence-electron chi connectivity index (χ2n) is 22.1. The molecule has 0 aliphatic carbocycles. The van der Waals surface area contributed by atoms with Gasteiger partial charge >= 0.3 is 5.97 Å². The van der Waals surface area contributed by atoms with Gasteiger partial charge in [0, 0.05) is 12.8 Å². The monoisotopic (exact) mass is 1010 g/mol. The third-order valence-electron chi connectivity index (χ3n) is 14.9. The molecule has 72 heavy (non-hydrogen) atoms. The van der Waals surface area contributed by atoms with Crippen LogP contribution in [0, 0.1) is 0 Å². The lowest BCUT2D eigenvalue weighted by Crippen LogP contribution is -2.45. The Morgan fingerprint density at radius 1 is 0.389 bits per heavy atom. The van der Waals surface area contributed by atoms with E-state index in [4.69, 9.17) is 4.74 Å². The van der Waals surface area contributed by atoms with E-state index in [1.54, 1.807) is 6.08 Å². The molecular formula is C66H125NO5. The number of carbonyl (C=O) groups excluding carboxylic acids is 2. The molecule has 2 atom stereocenters. The molecule has 2 unspecified atom stereocenters.